The van der Waals surface area contributed by atoms with Crippen molar-refractivity contribution in [2.24, 2.45) is 5.73 Å². The van der Waals surface area contributed by atoms with E-state index in [1.165, 1.54) is 0 Å². The smallest absolute Gasteiger partial charge is 0.303 e. The molecule has 0 aromatic carbocycles. The van der Waals surface area contributed by atoms with Crippen LogP contribution in [0.2, 0.25) is 0 Å². The molecule has 14 heteroatoms. The highest BCUT2D eigenvalue weighted by molar-refractivity contribution is 5.67. The van der Waals surface area contributed by atoms with E-state index in [4.69, 9.17) is 34.2 Å². The van der Waals surface area contributed by atoms with Gasteiger partial charge in [-0.25, -0.2) is 0 Å². The zero-order chi connectivity index (χ0) is 24.2. The van der Waals surface area contributed by atoms with Gasteiger partial charge in [0.25, 0.3) is 0 Å². The van der Waals surface area contributed by atoms with E-state index < -0.39 is 92.5 Å². The summed E-state index contributed by atoms with van der Waals surface area (Å²) >= 11 is 0. The lowest BCUT2D eigenvalue weighted by Gasteiger charge is -2.47. The Labute approximate surface area is 183 Å². The third-order valence-electron chi connectivity index (χ3n) is 4.88. The molecule has 2 saturated heterocycles. The molecule has 2 aliphatic rings. The van der Waals surface area contributed by atoms with E-state index in [-0.39, 0.29) is 0 Å². The lowest BCUT2D eigenvalue weighted by molar-refractivity contribution is -0.340. The predicted octanol–water partition coefficient (Wildman–Crippen LogP) is -3.72. The average molecular weight is 467 g/mol. The van der Waals surface area contributed by atoms with Gasteiger partial charge in [0.15, 0.2) is 24.8 Å². The summed E-state index contributed by atoms with van der Waals surface area (Å²) in [6, 6.07) is -1.28. The molecule has 0 unspecified atom stereocenters. The highest BCUT2D eigenvalue weighted by Gasteiger charge is 2.52. The summed E-state index contributed by atoms with van der Waals surface area (Å²) in [7, 11) is 0. The highest BCUT2D eigenvalue weighted by Crippen LogP contribution is 2.30. The van der Waals surface area contributed by atoms with Crippen LogP contribution in [0, 0.1) is 0 Å². The summed E-state index contributed by atoms with van der Waals surface area (Å²) in [5.74, 6) is -2.17. The van der Waals surface area contributed by atoms with Crippen molar-refractivity contribution in [1.82, 2.24) is 0 Å². The molecule has 10 atom stereocenters. The average Bonchev–Trinajstić information content (AvgIpc) is 2.70. The van der Waals surface area contributed by atoms with Gasteiger partial charge in [0.2, 0.25) is 0 Å². The molecule has 0 aromatic heterocycles. The summed E-state index contributed by atoms with van der Waals surface area (Å²) in [6.45, 7) is 2.22. The van der Waals surface area contributed by atoms with Crippen molar-refractivity contribution >= 4 is 17.9 Å². The number of hydrogen-bond acceptors (Lipinski definition) is 14. The first-order valence-electron chi connectivity index (χ1n) is 9.81. The first kappa shape index (κ1) is 26.3. The normalized spacial score (nSPS) is 39.8. The van der Waals surface area contributed by atoms with Gasteiger partial charge < -0.3 is 54.6 Å². The van der Waals surface area contributed by atoms with Gasteiger partial charge in [0.1, 0.15) is 37.1 Å². The number of ether oxygens (including phenoxy) is 6. The fourth-order valence-electron chi connectivity index (χ4n) is 3.44. The van der Waals surface area contributed by atoms with E-state index >= 15 is 0 Å². The van der Waals surface area contributed by atoms with Crippen molar-refractivity contribution in [1.29, 1.82) is 0 Å². The Morgan fingerprint density at radius 3 is 1.97 bits per heavy atom. The van der Waals surface area contributed by atoms with Gasteiger partial charge in [0.05, 0.1) is 12.6 Å². The summed E-state index contributed by atoms with van der Waals surface area (Å²) in [5, 5.41) is 39.4. The zero-order valence-electron chi connectivity index (χ0n) is 17.7. The molecular formula is C18H29NO13. The Morgan fingerprint density at radius 2 is 1.44 bits per heavy atom. The first-order chi connectivity index (χ1) is 15.0. The number of carbonyl (C=O) groups is 3. The Kier molecular flexibility index (Phi) is 9.29. The van der Waals surface area contributed by atoms with Gasteiger partial charge in [-0.3, -0.25) is 14.4 Å². The van der Waals surface area contributed by atoms with E-state index in [9.17, 15) is 34.8 Å². The minimum atomic E-state index is -1.78. The standard InChI is InChI=1S/C18H29NO13/c1-6(21)27-5-10-15(28-7(2)22)16(29-8(3)23)11(19)18(31-10)32-14-9(4-20)30-17(26)13(25)12(14)24/h9-18,20,24-26H,4-5,19H2,1-3H3/t9-,10-,11-,12-,13-,14+,15+,16+,17+,18+/m1/s1. The summed E-state index contributed by atoms with van der Waals surface area (Å²) < 4.78 is 31.7. The molecule has 0 amide bonds. The second-order valence-corrected chi connectivity index (χ2v) is 7.40. The second kappa shape index (κ2) is 11.3. The van der Waals surface area contributed by atoms with Crippen molar-refractivity contribution in [2.75, 3.05) is 13.2 Å². The fourth-order valence-corrected chi connectivity index (χ4v) is 3.44. The van der Waals surface area contributed by atoms with E-state index in [1.54, 1.807) is 0 Å². The van der Waals surface area contributed by atoms with Crippen LogP contribution < -0.4 is 5.73 Å². The maximum Gasteiger partial charge on any atom is 0.303 e. The number of nitrogens with two attached hydrogens (primary N) is 1. The third-order valence-corrected chi connectivity index (χ3v) is 4.88. The van der Waals surface area contributed by atoms with Crippen LogP contribution in [-0.2, 0) is 42.8 Å². The highest BCUT2D eigenvalue weighted by atomic mass is 16.7. The molecule has 0 radical (unpaired) electrons. The molecule has 6 N–H and O–H groups in total. The van der Waals surface area contributed by atoms with Crippen LogP contribution in [0.3, 0.4) is 0 Å². The van der Waals surface area contributed by atoms with Crippen molar-refractivity contribution in [2.45, 2.75) is 82.1 Å². The lowest BCUT2D eigenvalue weighted by atomic mass is 9.95. The molecule has 2 rings (SSSR count). The summed E-state index contributed by atoms with van der Waals surface area (Å²) in [4.78, 5) is 34.5. The van der Waals surface area contributed by atoms with Gasteiger partial charge >= 0.3 is 17.9 Å². The van der Waals surface area contributed by atoms with Crippen LogP contribution in [0.5, 0.6) is 0 Å². The molecule has 0 aliphatic carbocycles. The van der Waals surface area contributed by atoms with Crippen LogP contribution in [-0.4, -0.2) is 113 Å². The number of aliphatic hydroxyl groups is 4. The molecule has 2 fully saturated rings. The van der Waals surface area contributed by atoms with Crippen LogP contribution >= 0.6 is 0 Å². The molecule has 0 aromatic rings. The molecule has 184 valence electrons. The van der Waals surface area contributed by atoms with E-state index in [2.05, 4.69) is 0 Å². The van der Waals surface area contributed by atoms with Crippen molar-refractivity contribution < 1.29 is 63.2 Å². The van der Waals surface area contributed by atoms with E-state index in [0.29, 0.717) is 0 Å². The number of rotatable bonds is 7. The van der Waals surface area contributed by atoms with Crippen LogP contribution in [0.4, 0.5) is 0 Å². The number of aliphatic hydroxyl groups excluding tert-OH is 4. The van der Waals surface area contributed by atoms with Gasteiger partial charge in [-0.05, 0) is 0 Å². The van der Waals surface area contributed by atoms with Crippen molar-refractivity contribution in [3.63, 3.8) is 0 Å². The first-order valence-corrected chi connectivity index (χ1v) is 9.81. The molecule has 2 aliphatic heterocycles. The minimum absolute atomic E-state index is 0.424. The van der Waals surface area contributed by atoms with E-state index in [1.807, 2.05) is 0 Å². The fraction of sp³-hybridized carbons (Fsp3) is 0.833. The number of esters is 3. The largest absolute Gasteiger partial charge is 0.463 e. The molecular weight excluding hydrogens is 438 g/mol. The summed E-state index contributed by atoms with van der Waals surface area (Å²) in [5.41, 5.74) is 6.14. The molecule has 32 heavy (non-hydrogen) atoms. The molecule has 0 spiro atoms. The maximum atomic E-state index is 11.6. The molecule has 0 bridgehead atoms. The van der Waals surface area contributed by atoms with E-state index in [0.717, 1.165) is 20.8 Å². The Morgan fingerprint density at radius 1 is 0.844 bits per heavy atom. The maximum absolute atomic E-state index is 11.6. The minimum Gasteiger partial charge on any atom is -0.463 e. The van der Waals surface area contributed by atoms with Gasteiger partial charge in [-0.2, -0.15) is 0 Å². The van der Waals surface area contributed by atoms with Crippen LogP contribution in [0.15, 0.2) is 0 Å². The third kappa shape index (κ3) is 6.32. The summed E-state index contributed by atoms with van der Waals surface area (Å²) in [6.07, 6.45) is -13.2. The molecule has 14 nitrogen and oxygen atoms in total. The van der Waals surface area contributed by atoms with Crippen molar-refractivity contribution in [3.8, 4) is 0 Å². The Hall–Kier alpha value is -1.91. The number of carbonyl (C=O) groups excluding carboxylic acids is 3. The molecule has 2 heterocycles. The SMILES string of the molecule is CC(=O)OC[C@H]1O[C@@H](O[C@@H]2[C@H](O)[C@@H](O)[C@@H](O)O[C@@H]2CO)[C@H](N)[C@H](OC(C)=O)[C@H]1OC(C)=O. The quantitative estimate of drug-likeness (QED) is 0.180. The van der Waals surface area contributed by atoms with Gasteiger partial charge in [-0.1, -0.05) is 0 Å². The predicted molar refractivity (Wildman–Crippen MR) is 99.2 cm³/mol. The van der Waals surface area contributed by atoms with Gasteiger partial charge in [0, 0.05) is 20.8 Å². The Balaban J connectivity index is 2.31. The van der Waals surface area contributed by atoms with Crippen LogP contribution in [0.1, 0.15) is 20.8 Å². The lowest BCUT2D eigenvalue weighted by Crippen LogP contribution is -2.67. The molecule has 0 saturated carbocycles. The van der Waals surface area contributed by atoms with Crippen LogP contribution in [0.25, 0.3) is 0 Å². The number of hydrogen-bond donors (Lipinski definition) is 5. The topological polar surface area (TPSA) is 214 Å². The monoisotopic (exact) mass is 467 g/mol. The Bertz CT molecular complexity index is 673. The second-order valence-electron chi connectivity index (χ2n) is 7.40. The zero-order valence-corrected chi connectivity index (χ0v) is 17.7. The van der Waals surface area contributed by atoms with Gasteiger partial charge in [-0.15, -0.1) is 0 Å². The van der Waals surface area contributed by atoms with Crippen molar-refractivity contribution in [3.05, 3.63) is 0 Å².